The molecule has 0 aromatic heterocycles. The van der Waals surface area contributed by atoms with E-state index in [1.165, 1.54) is 0 Å². The van der Waals surface area contributed by atoms with E-state index in [1.807, 2.05) is 18.2 Å². The summed E-state index contributed by atoms with van der Waals surface area (Å²) in [6.45, 7) is 5.00. The standard InChI is InChI=1S/C16H16Cl3N/c1-10(2)20-9-11-5-3-4-6-13(11)16-14(18)7-12(17)8-15(16)19/h3-8,10,20H,9H2,1-2H3. The third-order valence-electron chi connectivity index (χ3n) is 2.99. The van der Waals surface area contributed by atoms with Crippen LogP contribution in [0.3, 0.4) is 0 Å². The predicted octanol–water partition coefficient (Wildman–Crippen LogP) is 5.81. The summed E-state index contributed by atoms with van der Waals surface area (Å²) >= 11 is 18.6. The van der Waals surface area contributed by atoms with Gasteiger partial charge in [0.2, 0.25) is 0 Å². The zero-order valence-corrected chi connectivity index (χ0v) is 13.7. The molecule has 0 atom stereocenters. The molecule has 0 spiro atoms. The zero-order valence-electron chi connectivity index (χ0n) is 11.4. The predicted molar refractivity (Wildman–Crippen MR) is 88.9 cm³/mol. The van der Waals surface area contributed by atoms with Gasteiger partial charge in [0.25, 0.3) is 0 Å². The molecule has 1 nitrogen and oxygen atoms in total. The maximum atomic E-state index is 6.31. The lowest BCUT2D eigenvalue weighted by Gasteiger charge is -2.15. The van der Waals surface area contributed by atoms with Crippen molar-refractivity contribution >= 4 is 34.8 Å². The Hall–Kier alpha value is -0.730. The smallest absolute Gasteiger partial charge is 0.0514 e. The van der Waals surface area contributed by atoms with Gasteiger partial charge in [-0.05, 0) is 23.3 Å². The second-order valence-electron chi connectivity index (χ2n) is 4.94. The van der Waals surface area contributed by atoms with Crippen LogP contribution in [-0.2, 0) is 6.54 Å². The third-order valence-corrected chi connectivity index (χ3v) is 3.81. The van der Waals surface area contributed by atoms with Crippen molar-refractivity contribution < 1.29 is 0 Å². The minimum absolute atomic E-state index is 0.416. The molecular weight excluding hydrogens is 313 g/mol. The van der Waals surface area contributed by atoms with Gasteiger partial charge in [-0.3, -0.25) is 0 Å². The van der Waals surface area contributed by atoms with Crippen LogP contribution in [0.15, 0.2) is 36.4 Å². The Bertz CT molecular complexity index is 585. The SMILES string of the molecule is CC(C)NCc1ccccc1-c1c(Cl)cc(Cl)cc1Cl. The minimum Gasteiger partial charge on any atom is -0.310 e. The molecule has 106 valence electrons. The van der Waals surface area contributed by atoms with Gasteiger partial charge in [0.1, 0.15) is 0 Å². The fourth-order valence-corrected chi connectivity index (χ4v) is 3.05. The molecule has 20 heavy (non-hydrogen) atoms. The normalized spacial score (nSPS) is 11.1. The van der Waals surface area contributed by atoms with Gasteiger partial charge >= 0.3 is 0 Å². The quantitative estimate of drug-likeness (QED) is 0.746. The van der Waals surface area contributed by atoms with E-state index in [0.29, 0.717) is 21.1 Å². The highest BCUT2D eigenvalue weighted by Gasteiger charge is 2.13. The number of hydrogen-bond acceptors (Lipinski definition) is 1. The summed E-state index contributed by atoms with van der Waals surface area (Å²) in [6, 6.07) is 11.9. The largest absolute Gasteiger partial charge is 0.310 e. The van der Waals surface area contributed by atoms with E-state index in [0.717, 1.165) is 23.2 Å². The van der Waals surface area contributed by atoms with Gasteiger partial charge in [-0.2, -0.15) is 0 Å². The van der Waals surface area contributed by atoms with Gasteiger partial charge in [-0.1, -0.05) is 72.9 Å². The van der Waals surface area contributed by atoms with Crippen molar-refractivity contribution in [2.24, 2.45) is 0 Å². The molecule has 0 saturated heterocycles. The highest BCUT2D eigenvalue weighted by molar-refractivity contribution is 6.41. The fourth-order valence-electron chi connectivity index (χ4n) is 2.03. The molecule has 0 unspecified atom stereocenters. The van der Waals surface area contributed by atoms with Crippen molar-refractivity contribution in [3.8, 4) is 11.1 Å². The van der Waals surface area contributed by atoms with Gasteiger partial charge < -0.3 is 5.32 Å². The van der Waals surface area contributed by atoms with Crippen LogP contribution < -0.4 is 5.32 Å². The summed E-state index contributed by atoms with van der Waals surface area (Å²) in [6.07, 6.45) is 0. The Balaban J connectivity index is 2.48. The summed E-state index contributed by atoms with van der Waals surface area (Å²) < 4.78 is 0. The van der Waals surface area contributed by atoms with Crippen LogP contribution in [0.5, 0.6) is 0 Å². The molecule has 0 saturated carbocycles. The molecular formula is C16H16Cl3N. The minimum atomic E-state index is 0.416. The Morgan fingerprint density at radius 3 is 2.20 bits per heavy atom. The van der Waals surface area contributed by atoms with Gasteiger partial charge in [0, 0.05) is 23.2 Å². The van der Waals surface area contributed by atoms with Crippen molar-refractivity contribution in [2.45, 2.75) is 26.4 Å². The number of rotatable bonds is 4. The first-order valence-electron chi connectivity index (χ1n) is 6.45. The maximum Gasteiger partial charge on any atom is 0.0514 e. The van der Waals surface area contributed by atoms with E-state index in [9.17, 15) is 0 Å². The second-order valence-corrected chi connectivity index (χ2v) is 6.19. The summed E-state index contributed by atoms with van der Waals surface area (Å²) in [4.78, 5) is 0. The van der Waals surface area contributed by atoms with E-state index in [1.54, 1.807) is 12.1 Å². The van der Waals surface area contributed by atoms with E-state index in [2.05, 4.69) is 25.2 Å². The van der Waals surface area contributed by atoms with Gasteiger partial charge in [-0.25, -0.2) is 0 Å². The molecule has 2 aromatic rings. The molecule has 0 aliphatic carbocycles. The Morgan fingerprint density at radius 2 is 1.60 bits per heavy atom. The molecule has 0 fully saturated rings. The monoisotopic (exact) mass is 327 g/mol. The van der Waals surface area contributed by atoms with E-state index >= 15 is 0 Å². The lowest BCUT2D eigenvalue weighted by atomic mass is 9.99. The molecule has 0 heterocycles. The zero-order chi connectivity index (χ0) is 14.7. The molecule has 0 aliphatic heterocycles. The van der Waals surface area contributed by atoms with Crippen LogP contribution in [0.2, 0.25) is 15.1 Å². The lowest BCUT2D eigenvalue weighted by Crippen LogP contribution is -2.22. The summed E-state index contributed by atoms with van der Waals surface area (Å²) in [7, 11) is 0. The highest BCUT2D eigenvalue weighted by atomic mass is 35.5. The topological polar surface area (TPSA) is 12.0 Å². The highest BCUT2D eigenvalue weighted by Crippen LogP contribution is 2.38. The molecule has 2 rings (SSSR count). The first kappa shape index (κ1) is 15.7. The van der Waals surface area contributed by atoms with Crippen molar-refractivity contribution in [1.82, 2.24) is 5.32 Å². The number of benzene rings is 2. The average molecular weight is 329 g/mol. The molecule has 0 aliphatic rings. The third kappa shape index (κ3) is 3.67. The van der Waals surface area contributed by atoms with Crippen LogP contribution in [0, 0.1) is 0 Å². The van der Waals surface area contributed by atoms with Crippen molar-refractivity contribution in [1.29, 1.82) is 0 Å². The van der Waals surface area contributed by atoms with Crippen LogP contribution in [0.1, 0.15) is 19.4 Å². The van der Waals surface area contributed by atoms with Crippen LogP contribution in [0.25, 0.3) is 11.1 Å². The first-order valence-corrected chi connectivity index (χ1v) is 7.58. The Kier molecular flexibility index (Phi) is 5.34. The molecule has 1 N–H and O–H groups in total. The van der Waals surface area contributed by atoms with Crippen LogP contribution in [0.4, 0.5) is 0 Å². The van der Waals surface area contributed by atoms with Crippen LogP contribution >= 0.6 is 34.8 Å². The molecule has 2 aromatic carbocycles. The van der Waals surface area contributed by atoms with E-state index in [4.69, 9.17) is 34.8 Å². The van der Waals surface area contributed by atoms with Gasteiger partial charge in [-0.15, -0.1) is 0 Å². The van der Waals surface area contributed by atoms with Gasteiger partial charge in [0.15, 0.2) is 0 Å². The number of nitrogens with one attached hydrogen (secondary N) is 1. The lowest BCUT2D eigenvalue weighted by molar-refractivity contribution is 0.589. The van der Waals surface area contributed by atoms with E-state index < -0.39 is 0 Å². The molecule has 0 amide bonds. The van der Waals surface area contributed by atoms with Crippen molar-refractivity contribution in [2.75, 3.05) is 0 Å². The molecule has 4 heteroatoms. The Labute approximate surface area is 134 Å². The van der Waals surface area contributed by atoms with Crippen molar-refractivity contribution in [3.05, 3.63) is 57.0 Å². The van der Waals surface area contributed by atoms with E-state index in [-0.39, 0.29) is 0 Å². The number of hydrogen-bond donors (Lipinski definition) is 1. The summed E-state index contributed by atoms with van der Waals surface area (Å²) in [5.74, 6) is 0. The fraction of sp³-hybridized carbons (Fsp3) is 0.250. The molecule has 0 radical (unpaired) electrons. The summed E-state index contributed by atoms with van der Waals surface area (Å²) in [5.41, 5.74) is 3.03. The van der Waals surface area contributed by atoms with Gasteiger partial charge in [0.05, 0.1) is 10.0 Å². The van der Waals surface area contributed by atoms with Crippen LogP contribution in [-0.4, -0.2) is 6.04 Å². The van der Waals surface area contributed by atoms with Crippen molar-refractivity contribution in [3.63, 3.8) is 0 Å². The Morgan fingerprint density at radius 1 is 1.00 bits per heavy atom. The maximum absolute atomic E-state index is 6.31. The second kappa shape index (κ2) is 6.82. The molecule has 0 bridgehead atoms. The summed E-state index contributed by atoms with van der Waals surface area (Å²) in [5, 5.41) is 5.09. The first-order chi connectivity index (χ1) is 9.49. The average Bonchev–Trinajstić information content (AvgIpc) is 2.36. The number of halogens is 3.